The normalized spacial score (nSPS) is 12.0. The van der Waals surface area contributed by atoms with E-state index in [1.54, 1.807) is 18.2 Å². The van der Waals surface area contributed by atoms with Crippen molar-refractivity contribution >= 4 is 10.9 Å². The summed E-state index contributed by atoms with van der Waals surface area (Å²) in [5, 5.41) is 0.684. The summed E-state index contributed by atoms with van der Waals surface area (Å²) in [6.07, 6.45) is 0.453. The fourth-order valence-corrected chi connectivity index (χ4v) is 1.86. The topological polar surface area (TPSA) is 58.9 Å². The quantitative estimate of drug-likeness (QED) is 0.834. The molecule has 1 aromatic carbocycles. The van der Waals surface area contributed by atoms with Crippen molar-refractivity contribution in [1.29, 1.82) is 0 Å². The number of fused-ring (bicyclic) bond motifs is 1. The summed E-state index contributed by atoms with van der Waals surface area (Å²) in [7, 11) is 0. The maximum absolute atomic E-state index is 13.4. The molecule has 0 aliphatic carbocycles. The van der Waals surface area contributed by atoms with Gasteiger partial charge >= 0.3 is 0 Å². The monoisotopic (exact) mass is 234 g/mol. The van der Waals surface area contributed by atoms with Gasteiger partial charge in [-0.25, -0.2) is 4.39 Å². The average molecular weight is 234 g/mol. The Morgan fingerprint density at radius 1 is 1.41 bits per heavy atom. The highest BCUT2D eigenvalue weighted by atomic mass is 19.1. The maximum atomic E-state index is 13.4. The van der Waals surface area contributed by atoms with Crippen molar-refractivity contribution in [3.05, 3.63) is 46.0 Å². The van der Waals surface area contributed by atoms with Crippen LogP contribution in [0.2, 0.25) is 0 Å². The number of nitrogens with two attached hydrogens (primary N) is 1. The highest BCUT2D eigenvalue weighted by molar-refractivity contribution is 5.79. The Morgan fingerprint density at radius 2 is 2.12 bits per heavy atom. The molecule has 0 saturated carbocycles. The number of aromatic amines is 1. The van der Waals surface area contributed by atoms with Gasteiger partial charge in [-0.3, -0.25) is 4.79 Å². The fourth-order valence-electron chi connectivity index (χ4n) is 1.86. The molecule has 0 spiro atoms. The van der Waals surface area contributed by atoms with Crippen molar-refractivity contribution < 1.29 is 4.39 Å². The molecule has 2 aromatic rings. The van der Waals surface area contributed by atoms with Crippen molar-refractivity contribution in [2.45, 2.75) is 25.8 Å². The number of hydrogen-bond acceptors (Lipinski definition) is 2. The molecule has 0 unspecified atom stereocenters. The van der Waals surface area contributed by atoms with Gasteiger partial charge in [0.1, 0.15) is 5.82 Å². The second kappa shape index (κ2) is 3.96. The van der Waals surface area contributed by atoms with Crippen molar-refractivity contribution in [3.63, 3.8) is 0 Å². The predicted octanol–water partition coefficient (Wildman–Crippen LogP) is 1.95. The second-order valence-corrected chi connectivity index (χ2v) is 4.99. The summed E-state index contributed by atoms with van der Waals surface area (Å²) < 4.78 is 13.4. The minimum Gasteiger partial charge on any atom is -0.325 e. The molecule has 4 heteroatoms. The number of aromatic nitrogens is 1. The van der Waals surface area contributed by atoms with Crippen LogP contribution >= 0.6 is 0 Å². The molecule has 0 saturated heterocycles. The smallest absolute Gasteiger partial charge is 0.251 e. The van der Waals surface area contributed by atoms with Crippen molar-refractivity contribution in [2.24, 2.45) is 5.73 Å². The summed E-state index contributed by atoms with van der Waals surface area (Å²) in [6.45, 7) is 3.70. The summed E-state index contributed by atoms with van der Waals surface area (Å²) >= 11 is 0. The molecular formula is C13H15FN2O. The van der Waals surface area contributed by atoms with Gasteiger partial charge in [0.2, 0.25) is 0 Å². The molecule has 2 rings (SSSR count). The van der Waals surface area contributed by atoms with Crippen LogP contribution in [0, 0.1) is 5.82 Å². The van der Waals surface area contributed by atoms with Crippen LogP contribution in [-0.4, -0.2) is 10.5 Å². The standard InChI is InChI=1S/C13H15FN2O/c1-13(2,15)7-9-6-8-4-3-5-10(14)11(8)16-12(9)17/h3-6H,7,15H2,1-2H3,(H,16,17). The van der Waals surface area contributed by atoms with Gasteiger partial charge in [-0.2, -0.15) is 0 Å². The Balaban J connectivity index is 2.61. The van der Waals surface area contributed by atoms with E-state index in [9.17, 15) is 9.18 Å². The summed E-state index contributed by atoms with van der Waals surface area (Å²) in [4.78, 5) is 14.3. The fraction of sp³-hybridized carbons (Fsp3) is 0.308. The SMILES string of the molecule is CC(C)(N)Cc1cc2cccc(F)c2[nH]c1=O. The molecular weight excluding hydrogens is 219 g/mol. The highest BCUT2D eigenvalue weighted by Gasteiger charge is 2.15. The van der Waals surface area contributed by atoms with Crippen LogP contribution in [0.25, 0.3) is 10.9 Å². The first-order valence-corrected chi connectivity index (χ1v) is 5.46. The molecule has 0 fully saturated rings. The van der Waals surface area contributed by atoms with Crippen LogP contribution in [0.15, 0.2) is 29.1 Å². The first kappa shape index (κ1) is 11.8. The van der Waals surface area contributed by atoms with Crippen molar-refractivity contribution in [3.8, 4) is 0 Å². The number of hydrogen-bond donors (Lipinski definition) is 2. The molecule has 0 aliphatic rings. The zero-order chi connectivity index (χ0) is 12.6. The van der Waals surface area contributed by atoms with Crippen LogP contribution in [0.3, 0.4) is 0 Å². The van der Waals surface area contributed by atoms with Gasteiger partial charge in [-0.15, -0.1) is 0 Å². The van der Waals surface area contributed by atoms with E-state index in [0.717, 1.165) is 0 Å². The van der Waals surface area contributed by atoms with Crippen LogP contribution in [-0.2, 0) is 6.42 Å². The summed E-state index contributed by atoms with van der Waals surface area (Å²) in [5.41, 5.74) is 5.97. The Kier molecular flexibility index (Phi) is 2.75. The van der Waals surface area contributed by atoms with Gasteiger partial charge < -0.3 is 10.7 Å². The zero-order valence-corrected chi connectivity index (χ0v) is 9.88. The van der Waals surface area contributed by atoms with Crippen LogP contribution in [0.4, 0.5) is 4.39 Å². The van der Waals surface area contributed by atoms with Gasteiger partial charge in [0.05, 0.1) is 5.52 Å². The lowest BCUT2D eigenvalue weighted by Gasteiger charge is -2.17. The molecule has 17 heavy (non-hydrogen) atoms. The number of benzene rings is 1. The largest absolute Gasteiger partial charge is 0.325 e. The lowest BCUT2D eigenvalue weighted by atomic mass is 9.96. The molecule has 0 radical (unpaired) electrons. The number of rotatable bonds is 2. The molecule has 3 N–H and O–H groups in total. The molecule has 3 nitrogen and oxygen atoms in total. The van der Waals surface area contributed by atoms with E-state index < -0.39 is 11.4 Å². The molecule has 0 amide bonds. The molecule has 0 bridgehead atoms. The third-order valence-electron chi connectivity index (χ3n) is 2.55. The van der Waals surface area contributed by atoms with E-state index in [2.05, 4.69) is 4.98 Å². The first-order valence-electron chi connectivity index (χ1n) is 5.46. The Hall–Kier alpha value is -1.68. The Bertz CT molecular complexity index is 611. The number of H-pyrrole nitrogens is 1. The number of nitrogens with one attached hydrogen (secondary N) is 1. The first-order chi connectivity index (χ1) is 7.87. The van der Waals surface area contributed by atoms with Crippen molar-refractivity contribution in [1.82, 2.24) is 4.98 Å². The lowest BCUT2D eigenvalue weighted by Crippen LogP contribution is -2.36. The summed E-state index contributed by atoms with van der Waals surface area (Å²) in [6, 6.07) is 6.41. The van der Waals surface area contributed by atoms with E-state index in [4.69, 9.17) is 5.73 Å². The van der Waals surface area contributed by atoms with Gasteiger partial charge in [-0.1, -0.05) is 12.1 Å². The zero-order valence-electron chi connectivity index (χ0n) is 9.88. The maximum Gasteiger partial charge on any atom is 0.251 e. The van der Waals surface area contributed by atoms with Gasteiger partial charge in [0.25, 0.3) is 5.56 Å². The van der Waals surface area contributed by atoms with Crippen LogP contribution in [0.5, 0.6) is 0 Å². The van der Waals surface area contributed by atoms with Gasteiger partial charge in [0.15, 0.2) is 0 Å². The highest BCUT2D eigenvalue weighted by Crippen LogP contribution is 2.16. The number of halogens is 1. The molecule has 0 atom stereocenters. The van der Waals surface area contributed by atoms with Crippen LogP contribution < -0.4 is 11.3 Å². The van der Waals surface area contributed by atoms with E-state index in [1.165, 1.54) is 6.07 Å². The number of pyridine rings is 1. The van der Waals surface area contributed by atoms with Crippen molar-refractivity contribution in [2.75, 3.05) is 0 Å². The predicted molar refractivity (Wildman–Crippen MR) is 66.5 cm³/mol. The van der Waals surface area contributed by atoms with E-state index in [1.807, 2.05) is 13.8 Å². The third-order valence-corrected chi connectivity index (χ3v) is 2.55. The minimum absolute atomic E-state index is 0.246. The van der Waals surface area contributed by atoms with Crippen LogP contribution in [0.1, 0.15) is 19.4 Å². The second-order valence-electron chi connectivity index (χ2n) is 4.99. The molecule has 90 valence electrons. The van der Waals surface area contributed by atoms with E-state index in [0.29, 0.717) is 17.4 Å². The molecule has 1 heterocycles. The average Bonchev–Trinajstić information content (AvgIpc) is 2.19. The molecule has 1 aromatic heterocycles. The summed E-state index contributed by atoms with van der Waals surface area (Å²) in [5.74, 6) is -0.418. The van der Waals surface area contributed by atoms with Gasteiger partial charge in [0, 0.05) is 16.5 Å². The molecule has 0 aliphatic heterocycles. The minimum atomic E-state index is -0.464. The lowest BCUT2D eigenvalue weighted by molar-refractivity contribution is 0.514. The Morgan fingerprint density at radius 3 is 2.76 bits per heavy atom. The van der Waals surface area contributed by atoms with Gasteiger partial charge in [-0.05, 0) is 32.4 Å². The van der Waals surface area contributed by atoms with E-state index >= 15 is 0 Å². The third kappa shape index (κ3) is 2.53. The Labute approximate surface area is 98.5 Å². The number of para-hydroxylation sites is 1. The van der Waals surface area contributed by atoms with E-state index in [-0.39, 0.29) is 11.1 Å².